The highest BCUT2D eigenvalue weighted by atomic mass is 32.1. The van der Waals surface area contributed by atoms with Gasteiger partial charge in [0.2, 0.25) is 0 Å². The fourth-order valence-corrected chi connectivity index (χ4v) is 10.7. The van der Waals surface area contributed by atoms with E-state index in [9.17, 15) is 0 Å². The number of hydrogen-bond acceptors (Lipinski definition) is 3. The van der Waals surface area contributed by atoms with Crippen molar-refractivity contribution >= 4 is 85.2 Å². The molecule has 0 bridgehead atoms. The Kier molecular flexibility index (Phi) is 8.01. The van der Waals surface area contributed by atoms with Crippen LogP contribution in [-0.4, -0.2) is 0 Å². The smallest absolute Gasteiger partial charge is 0.0487 e. The van der Waals surface area contributed by atoms with Gasteiger partial charge >= 0.3 is 0 Å². The maximum Gasteiger partial charge on any atom is 0.0487 e. The van der Waals surface area contributed by atoms with E-state index in [-0.39, 0.29) is 0 Å². The van der Waals surface area contributed by atoms with Crippen LogP contribution >= 0.6 is 22.7 Å². The third-order valence-electron chi connectivity index (χ3n) is 11.2. The number of benzene rings is 9. The van der Waals surface area contributed by atoms with Crippen molar-refractivity contribution in [2.75, 3.05) is 4.90 Å². The predicted octanol–water partition coefficient (Wildman–Crippen LogP) is 15.9. The van der Waals surface area contributed by atoms with Crippen molar-refractivity contribution < 1.29 is 0 Å². The largest absolute Gasteiger partial charge is 0.337 e. The Morgan fingerprint density at radius 3 is 1.86 bits per heavy atom. The number of hydrogen-bond donors (Lipinski definition) is 0. The van der Waals surface area contributed by atoms with Crippen molar-refractivity contribution in [3.05, 3.63) is 206 Å². The molecule has 3 heteroatoms. The minimum Gasteiger partial charge on any atom is -0.337 e. The van der Waals surface area contributed by atoms with E-state index in [1.807, 2.05) is 22.7 Å². The van der Waals surface area contributed by atoms with Crippen molar-refractivity contribution in [2.45, 2.75) is 6.54 Å². The fourth-order valence-electron chi connectivity index (χ4n) is 8.39. The first kappa shape index (κ1) is 32.9. The van der Waals surface area contributed by atoms with Crippen LogP contribution in [0.4, 0.5) is 11.4 Å². The number of thiophene rings is 2. The molecule has 9 aromatic carbocycles. The van der Waals surface area contributed by atoms with Gasteiger partial charge in [-0.15, -0.1) is 22.7 Å². The van der Waals surface area contributed by atoms with E-state index in [0.717, 1.165) is 11.4 Å². The Labute approximate surface area is 334 Å². The van der Waals surface area contributed by atoms with Gasteiger partial charge in [-0.3, -0.25) is 0 Å². The van der Waals surface area contributed by atoms with Gasteiger partial charge in [0.1, 0.15) is 0 Å². The second kappa shape index (κ2) is 13.6. The number of anilines is 2. The zero-order valence-corrected chi connectivity index (χ0v) is 32.2. The molecule has 56 heavy (non-hydrogen) atoms. The van der Waals surface area contributed by atoms with Gasteiger partial charge < -0.3 is 4.90 Å². The highest BCUT2D eigenvalue weighted by molar-refractivity contribution is 7.26. The van der Waals surface area contributed by atoms with E-state index in [0.29, 0.717) is 6.54 Å². The summed E-state index contributed by atoms with van der Waals surface area (Å²) in [5.74, 6) is 0. The quantitative estimate of drug-likeness (QED) is 0.157. The molecule has 0 saturated carbocycles. The van der Waals surface area contributed by atoms with Crippen molar-refractivity contribution in [1.29, 1.82) is 0 Å². The maximum absolute atomic E-state index is 2.48. The first-order chi connectivity index (χ1) is 27.7. The lowest BCUT2D eigenvalue weighted by molar-refractivity contribution is 0.978. The molecule has 0 aliphatic rings. The molecule has 2 aromatic heterocycles. The zero-order valence-electron chi connectivity index (χ0n) is 30.5. The van der Waals surface area contributed by atoms with E-state index in [2.05, 4.69) is 205 Å². The van der Waals surface area contributed by atoms with Gasteiger partial charge in [-0.25, -0.2) is 0 Å². The second-order valence-corrected chi connectivity index (χ2v) is 16.7. The van der Waals surface area contributed by atoms with Crippen LogP contribution in [0.5, 0.6) is 0 Å². The van der Waals surface area contributed by atoms with Crippen LogP contribution in [-0.2, 0) is 6.54 Å². The van der Waals surface area contributed by atoms with Gasteiger partial charge in [0.25, 0.3) is 0 Å². The van der Waals surface area contributed by atoms with Crippen molar-refractivity contribution in [3.8, 4) is 33.4 Å². The number of fused-ring (bicyclic) bond motifs is 7. The van der Waals surface area contributed by atoms with E-state index < -0.39 is 0 Å². The minimum absolute atomic E-state index is 0.713. The molecule has 11 rings (SSSR count). The Balaban J connectivity index is 1.03. The Bertz CT molecular complexity index is 3240. The summed E-state index contributed by atoms with van der Waals surface area (Å²) in [6.45, 7) is 0.713. The molecule has 0 amide bonds. The van der Waals surface area contributed by atoms with Gasteiger partial charge in [-0.2, -0.15) is 0 Å². The van der Waals surface area contributed by atoms with Crippen LogP contribution in [0.2, 0.25) is 0 Å². The number of nitrogens with zero attached hydrogens (tertiary/aromatic N) is 1. The molecule has 264 valence electrons. The Morgan fingerprint density at radius 2 is 0.964 bits per heavy atom. The normalized spacial score (nSPS) is 11.6. The van der Waals surface area contributed by atoms with E-state index in [1.165, 1.54) is 90.1 Å². The molecule has 0 radical (unpaired) electrons. The lowest BCUT2D eigenvalue weighted by Crippen LogP contribution is -2.17. The first-order valence-electron chi connectivity index (χ1n) is 19.1. The lowest BCUT2D eigenvalue weighted by Gasteiger charge is -2.27. The molecule has 1 nitrogen and oxygen atoms in total. The lowest BCUT2D eigenvalue weighted by atomic mass is 9.97. The molecule has 0 unspecified atom stereocenters. The molecule has 0 fully saturated rings. The topological polar surface area (TPSA) is 3.24 Å². The summed E-state index contributed by atoms with van der Waals surface area (Å²) in [5.41, 5.74) is 11.0. The molecule has 2 heterocycles. The number of rotatable bonds is 7. The summed E-state index contributed by atoms with van der Waals surface area (Å²) in [6.07, 6.45) is 0. The zero-order chi connectivity index (χ0) is 37.0. The van der Waals surface area contributed by atoms with Crippen molar-refractivity contribution in [2.24, 2.45) is 0 Å². The summed E-state index contributed by atoms with van der Waals surface area (Å²) in [5, 5.41) is 7.82. The summed E-state index contributed by atoms with van der Waals surface area (Å²) in [7, 11) is 0. The highest BCUT2D eigenvalue weighted by Crippen LogP contribution is 2.42. The summed E-state index contributed by atoms with van der Waals surface area (Å²) < 4.78 is 5.30. The summed E-state index contributed by atoms with van der Waals surface area (Å²) >= 11 is 3.75. The molecular formula is C53H35NS2. The van der Waals surface area contributed by atoms with Gasteiger partial charge in [-0.1, -0.05) is 146 Å². The molecule has 0 atom stereocenters. The van der Waals surface area contributed by atoms with Crippen LogP contribution in [0.15, 0.2) is 200 Å². The van der Waals surface area contributed by atoms with Crippen LogP contribution in [0, 0.1) is 0 Å². The fraction of sp³-hybridized carbons (Fsp3) is 0.0189. The Morgan fingerprint density at radius 1 is 0.339 bits per heavy atom. The van der Waals surface area contributed by atoms with Gasteiger partial charge in [0, 0.05) is 58.3 Å². The third-order valence-corrected chi connectivity index (χ3v) is 13.4. The second-order valence-electron chi connectivity index (χ2n) is 14.5. The standard InChI is InChI=1S/C53H35NS2/c1-2-12-37-31-38(24-23-35(37)11-1)36-25-28-42(29-26-36)54(43-15-9-14-39(32-43)45-19-10-22-51-53(45)48-18-6-8-21-50(48)55-51)34-41-13-3-4-16-44(41)40-27-30-47-46-17-5-7-20-49(46)56-52(47)33-40/h1-33H,34H2. The Hall–Kier alpha value is -6.52. The molecule has 0 spiro atoms. The average molecular weight is 750 g/mol. The van der Waals surface area contributed by atoms with Gasteiger partial charge in [-0.05, 0) is 104 Å². The molecular weight excluding hydrogens is 715 g/mol. The van der Waals surface area contributed by atoms with E-state index in [4.69, 9.17) is 0 Å². The van der Waals surface area contributed by atoms with Gasteiger partial charge in [0.05, 0.1) is 0 Å². The molecule has 0 aliphatic heterocycles. The van der Waals surface area contributed by atoms with E-state index >= 15 is 0 Å². The van der Waals surface area contributed by atoms with Crippen LogP contribution < -0.4 is 4.90 Å². The van der Waals surface area contributed by atoms with Crippen LogP contribution in [0.1, 0.15) is 5.56 Å². The summed E-state index contributed by atoms with van der Waals surface area (Å²) in [4.78, 5) is 2.48. The minimum atomic E-state index is 0.713. The third kappa shape index (κ3) is 5.76. The molecule has 0 aliphatic carbocycles. The van der Waals surface area contributed by atoms with Crippen LogP contribution in [0.25, 0.3) is 84.5 Å². The van der Waals surface area contributed by atoms with Crippen LogP contribution in [0.3, 0.4) is 0 Å². The first-order valence-corrected chi connectivity index (χ1v) is 20.7. The monoisotopic (exact) mass is 749 g/mol. The molecule has 0 saturated heterocycles. The predicted molar refractivity (Wildman–Crippen MR) is 245 cm³/mol. The van der Waals surface area contributed by atoms with E-state index in [1.54, 1.807) is 0 Å². The van der Waals surface area contributed by atoms with Crippen molar-refractivity contribution in [3.63, 3.8) is 0 Å². The highest BCUT2D eigenvalue weighted by Gasteiger charge is 2.17. The molecule has 11 aromatic rings. The summed E-state index contributed by atoms with van der Waals surface area (Å²) in [6, 6.07) is 73.8. The average Bonchev–Trinajstić information content (AvgIpc) is 3.84. The molecule has 0 N–H and O–H groups in total. The van der Waals surface area contributed by atoms with Crippen molar-refractivity contribution in [1.82, 2.24) is 0 Å². The van der Waals surface area contributed by atoms with Gasteiger partial charge in [0.15, 0.2) is 0 Å². The SMILES string of the molecule is c1cc(-c2cccc3sc4ccccc4c23)cc(N(Cc2ccccc2-c2ccc3c(c2)sc2ccccc23)c2ccc(-c3ccc4ccccc4c3)cc2)c1. The maximum atomic E-state index is 2.48.